The van der Waals surface area contributed by atoms with Crippen molar-refractivity contribution < 1.29 is 4.79 Å². The SMILES string of the molecule is CC1CC(N)CC(C(=O)NC(C)CN2CCCC2)C1. The number of amides is 1. The van der Waals surface area contributed by atoms with Crippen molar-refractivity contribution in [3.05, 3.63) is 0 Å². The van der Waals surface area contributed by atoms with Crippen LogP contribution in [0.4, 0.5) is 0 Å². The maximum absolute atomic E-state index is 12.3. The van der Waals surface area contributed by atoms with Crippen LogP contribution >= 0.6 is 0 Å². The van der Waals surface area contributed by atoms with Crippen molar-refractivity contribution in [1.29, 1.82) is 0 Å². The summed E-state index contributed by atoms with van der Waals surface area (Å²) >= 11 is 0. The van der Waals surface area contributed by atoms with Crippen LogP contribution in [0.2, 0.25) is 0 Å². The molecule has 4 nitrogen and oxygen atoms in total. The molecule has 0 radical (unpaired) electrons. The van der Waals surface area contributed by atoms with Crippen LogP contribution in [-0.4, -0.2) is 42.5 Å². The van der Waals surface area contributed by atoms with Gasteiger partial charge < -0.3 is 16.0 Å². The second kappa shape index (κ2) is 6.71. The van der Waals surface area contributed by atoms with Gasteiger partial charge in [0.1, 0.15) is 0 Å². The fourth-order valence-electron chi connectivity index (χ4n) is 3.63. The van der Waals surface area contributed by atoms with Crippen molar-refractivity contribution in [3.63, 3.8) is 0 Å². The largest absolute Gasteiger partial charge is 0.352 e. The van der Waals surface area contributed by atoms with Crippen LogP contribution < -0.4 is 11.1 Å². The third-order valence-corrected chi connectivity index (χ3v) is 4.47. The van der Waals surface area contributed by atoms with Gasteiger partial charge in [-0.2, -0.15) is 0 Å². The molecule has 0 bridgehead atoms. The van der Waals surface area contributed by atoms with Crippen molar-refractivity contribution in [3.8, 4) is 0 Å². The summed E-state index contributed by atoms with van der Waals surface area (Å²) in [6.07, 6.45) is 5.51. The van der Waals surface area contributed by atoms with Crippen LogP contribution in [0.25, 0.3) is 0 Å². The maximum atomic E-state index is 12.3. The summed E-state index contributed by atoms with van der Waals surface area (Å²) in [7, 11) is 0. The van der Waals surface area contributed by atoms with E-state index in [4.69, 9.17) is 5.73 Å². The number of nitrogens with two attached hydrogens (primary N) is 1. The van der Waals surface area contributed by atoms with Gasteiger partial charge >= 0.3 is 0 Å². The zero-order valence-electron chi connectivity index (χ0n) is 12.4. The Morgan fingerprint density at radius 2 is 2.00 bits per heavy atom. The van der Waals surface area contributed by atoms with E-state index in [9.17, 15) is 4.79 Å². The zero-order valence-corrected chi connectivity index (χ0v) is 12.4. The van der Waals surface area contributed by atoms with Gasteiger partial charge in [-0.05, 0) is 58.0 Å². The summed E-state index contributed by atoms with van der Waals surface area (Å²) in [6, 6.07) is 0.451. The molecule has 1 aliphatic carbocycles. The molecule has 2 fully saturated rings. The Morgan fingerprint density at radius 3 is 2.63 bits per heavy atom. The van der Waals surface area contributed by atoms with Crippen molar-refractivity contribution in [2.24, 2.45) is 17.6 Å². The molecule has 110 valence electrons. The van der Waals surface area contributed by atoms with Crippen LogP contribution in [-0.2, 0) is 4.79 Å². The number of nitrogens with one attached hydrogen (secondary N) is 1. The van der Waals surface area contributed by atoms with Crippen LogP contribution in [0.3, 0.4) is 0 Å². The number of nitrogens with zero attached hydrogens (tertiary/aromatic N) is 1. The van der Waals surface area contributed by atoms with Crippen LogP contribution in [0, 0.1) is 11.8 Å². The second-order valence-electron chi connectivity index (χ2n) is 6.69. The van der Waals surface area contributed by atoms with Gasteiger partial charge in [0.2, 0.25) is 5.91 Å². The summed E-state index contributed by atoms with van der Waals surface area (Å²) in [5.74, 6) is 0.918. The van der Waals surface area contributed by atoms with Crippen molar-refractivity contribution >= 4 is 5.91 Å². The maximum Gasteiger partial charge on any atom is 0.223 e. The Bertz CT molecular complexity index is 292. The number of carbonyl (C=O) groups is 1. The third-order valence-electron chi connectivity index (χ3n) is 4.47. The first-order valence-electron chi connectivity index (χ1n) is 7.83. The van der Waals surface area contributed by atoms with E-state index < -0.39 is 0 Å². The van der Waals surface area contributed by atoms with Gasteiger partial charge in [-0.25, -0.2) is 0 Å². The number of rotatable bonds is 4. The van der Waals surface area contributed by atoms with E-state index in [0.717, 1.165) is 25.8 Å². The first kappa shape index (κ1) is 14.8. The molecule has 19 heavy (non-hydrogen) atoms. The first-order valence-corrected chi connectivity index (χ1v) is 7.83. The second-order valence-corrected chi connectivity index (χ2v) is 6.69. The number of carbonyl (C=O) groups excluding carboxylic acids is 1. The molecular formula is C15H29N3O. The first-order chi connectivity index (χ1) is 9.04. The molecule has 0 aromatic carbocycles. The average Bonchev–Trinajstić information content (AvgIpc) is 2.80. The van der Waals surface area contributed by atoms with Gasteiger partial charge in [-0.15, -0.1) is 0 Å². The van der Waals surface area contributed by atoms with Crippen LogP contribution in [0.15, 0.2) is 0 Å². The highest BCUT2D eigenvalue weighted by molar-refractivity contribution is 5.79. The molecule has 0 aromatic rings. The highest BCUT2D eigenvalue weighted by Crippen LogP contribution is 2.28. The fourth-order valence-corrected chi connectivity index (χ4v) is 3.63. The molecule has 4 unspecified atom stereocenters. The lowest BCUT2D eigenvalue weighted by atomic mass is 9.79. The number of likely N-dealkylation sites (tertiary alicyclic amines) is 1. The highest BCUT2D eigenvalue weighted by atomic mass is 16.1. The molecule has 0 spiro atoms. The Balaban J connectivity index is 1.75. The van der Waals surface area contributed by atoms with E-state index in [2.05, 4.69) is 24.1 Å². The van der Waals surface area contributed by atoms with Gasteiger partial charge in [0.15, 0.2) is 0 Å². The monoisotopic (exact) mass is 267 g/mol. The van der Waals surface area contributed by atoms with Crippen molar-refractivity contribution in [2.45, 2.75) is 58.0 Å². The van der Waals surface area contributed by atoms with Gasteiger partial charge in [0.25, 0.3) is 0 Å². The minimum atomic E-state index is 0.125. The predicted molar refractivity (Wildman–Crippen MR) is 77.8 cm³/mol. The minimum Gasteiger partial charge on any atom is -0.352 e. The molecular weight excluding hydrogens is 238 g/mol. The van der Waals surface area contributed by atoms with E-state index in [1.165, 1.54) is 25.9 Å². The average molecular weight is 267 g/mol. The third kappa shape index (κ3) is 4.46. The van der Waals surface area contributed by atoms with E-state index in [-0.39, 0.29) is 23.9 Å². The smallest absolute Gasteiger partial charge is 0.223 e. The summed E-state index contributed by atoms with van der Waals surface area (Å²) < 4.78 is 0. The molecule has 4 heteroatoms. The number of hydrogen-bond acceptors (Lipinski definition) is 3. The summed E-state index contributed by atoms with van der Waals surface area (Å²) in [4.78, 5) is 14.7. The molecule has 1 saturated heterocycles. The summed E-state index contributed by atoms with van der Waals surface area (Å²) in [5, 5.41) is 3.18. The standard InChI is InChI=1S/C15H29N3O/c1-11-7-13(9-14(16)8-11)15(19)17-12(2)10-18-5-3-4-6-18/h11-14H,3-10,16H2,1-2H3,(H,17,19). The fraction of sp³-hybridized carbons (Fsp3) is 0.933. The van der Waals surface area contributed by atoms with Gasteiger partial charge in [-0.1, -0.05) is 6.92 Å². The van der Waals surface area contributed by atoms with Crippen molar-refractivity contribution in [2.75, 3.05) is 19.6 Å². The molecule has 1 heterocycles. The Morgan fingerprint density at radius 1 is 1.32 bits per heavy atom. The topological polar surface area (TPSA) is 58.4 Å². The lowest BCUT2D eigenvalue weighted by Gasteiger charge is -2.31. The molecule has 1 saturated carbocycles. The highest BCUT2D eigenvalue weighted by Gasteiger charge is 2.30. The Labute approximate surface area is 117 Å². The van der Waals surface area contributed by atoms with E-state index in [1.807, 2.05) is 0 Å². The molecule has 0 aromatic heterocycles. The Kier molecular flexibility index (Phi) is 5.22. The number of hydrogen-bond donors (Lipinski definition) is 2. The van der Waals surface area contributed by atoms with E-state index >= 15 is 0 Å². The normalized spacial score (nSPS) is 34.2. The molecule has 2 rings (SSSR count). The minimum absolute atomic E-state index is 0.125. The van der Waals surface area contributed by atoms with Crippen molar-refractivity contribution in [1.82, 2.24) is 10.2 Å². The Hall–Kier alpha value is -0.610. The molecule has 3 N–H and O–H groups in total. The molecule has 1 aliphatic heterocycles. The van der Waals surface area contributed by atoms with Gasteiger partial charge in [-0.3, -0.25) is 4.79 Å². The van der Waals surface area contributed by atoms with E-state index in [0.29, 0.717) is 5.92 Å². The zero-order chi connectivity index (χ0) is 13.8. The lowest BCUT2D eigenvalue weighted by Crippen LogP contribution is -2.46. The summed E-state index contributed by atoms with van der Waals surface area (Å²) in [5.41, 5.74) is 6.03. The van der Waals surface area contributed by atoms with Crippen LogP contribution in [0.1, 0.15) is 46.0 Å². The molecule has 1 amide bonds. The lowest BCUT2D eigenvalue weighted by molar-refractivity contribution is -0.127. The quantitative estimate of drug-likeness (QED) is 0.808. The predicted octanol–water partition coefficient (Wildman–Crippen LogP) is 1.35. The summed E-state index contributed by atoms with van der Waals surface area (Å²) in [6.45, 7) is 7.67. The van der Waals surface area contributed by atoms with E-state index in [1.54, 1.807) is 0 Å². The van der Waals surface area contributed by atoms with Gasteiger partial charge in [0, 0.05) is 24.5 Å². The van der Waals surface area contributed by atoms with Gasteiger partial charge in [0.05, 0.1) is 0 Å². The molecule has 2 aliphatic rings. The molecule has 4 atom stereocenters. The van der Waals surface area contributed by atoms with Crippen LogP contribution in [0.5, 0.6) is 0 Å².